The molecule has 0 spiro atoms. The number of methoxy groups -OCH3 is 1. The number of benzene rings is 3. The second-order valence-electron chi connectivity index (χ2n) is 7.42. The summed E-state index contributed by atoms with van der Waals surface area (Å²) in [4.78, 5) is 12.6. The molecule has 1 amide bonds. The molecule has 3 aromatic rings. The first-order chi connectivity index (χ1) is 15.9. The van der Waals surface area contributed by atoms with Crippen molar-refractivity contribution in [2.45, 2.75) is 12.8 Å². The van der Waals surface area contributed by atoms with Crippen LogP contribution in [0.1, 0.15) is 12.0 Å². The van der Waals surface area contributed by atoms with E-state index in [1.165, 1.54) is 0 Å². The van der Waals surface area contributed by atoms with Crippen molar-refractivity contribution in [2.24, 2.45) is 0 Å². The smallest absolute Gasteiger partial charge is 0.240 e. The normalized spacial score (nSPS) is 11.0. The molecule has 0 aromatic heterocycles. The first-order valence-electron chi connectivity index (χ1n) is 10.6. The van der Waals surface area contributed by atoms with E-state index in [0.29, 0.717) is 30.2 Å². The zero-order chi connectivity index (χ0) is 23.7. The van der Waals surface area contributed by atoms with Gasteiger partial charge in [-0.15, -0.1) is 0 Å². The van der Waals surface area contributed by atoms with Crippen molar-refractivity contribution in [3.05, 3.63) is 84.4 Å². The summed E-state index contributed by atoms with van der Waals surface area (Å²) in [6.07, 6.45) is 2.49. The summed E-state index contributed by atoms with van der Waals surface area (Å²) in [7, 11) is -2.11. The van der Waals surface area contributed by atoms with Crippen LogP contribution in [0.15, 0.2) is 78.9 Å². The lowest BCUT2D eigenvalue weighted by Gasteiger charge is -2.24. The molecule has 174 valence electrons. The first kappa shape index (κ1) is 24.1. The maximum absolute atomic E-state index is 12.6. The summed E-state index contributed by atoms with van der Waals surface area (Å²) in [5, 5.41) is 2.81. The number of hydrogen-bond donors (Lipinski definition) is 1. The molecule has 8 heteroatoms. The number of carbonyl (C=O) groups is 1. The topological polar surface area (TPSA) is 84.9 Å². The number of anilines is 1. The van der Waals surface area contributed by atoms with Crippen LogP contribution < -0.4 is 19.1 Å². The molecule has 1 N–H and O–H groups in total. The molecule has 0 aliphatic carbocycles. The Labute approximate surface area is 195 Å². The zero-order valence-corrected chi connectivity index (χ0v) is 19.5. The van der Waals surface area contributed by atoms with Crippen molar-refractivity contribution >= 4 is 21.6 Å². The average Bonchev–Trinajstić information content (AvgIpc) is 2.81. The maximum Gasteiger partial charge on any atom is 0.240 e. The monoisotopic (exact) mass is 468 g/mol. The van der Waals surface area contributed by atoms with Crippen LogP contribution in [0.3, 0.4) is 0 Å². The highest BCUT2D eigenvalue weighted by molar-refractivity contribution is 7.92. The van der Waals surface area contributed by atoms with Crippen LogP contribution in [0.2, 0.25) is 0 Å². The fraction of sp³-hybridized carbons (Fsp3) is 0.240. The van der Waals surface area contributed by atoms with Crippen LogP contribution >= 0.6 is 0 Å². The molecule has 0 unspecified atom stereocenters. The third-order valence-corrected chi connectivity index (χ3v) is 6.06. The van der Waals surface area contributed by atoms with Gasteiger partial charge in [-0.25, -0.2) is 8.42 Å². The van der Waals surface area contributed by atoms with E-state index in [1.807, 2.05) is 42.5 Å². The molecule has 0 saturated heterocycles. The van der Waals surface area contributed by atoms with Gasteiger partial charge in [-0.3, -0.25) is 9.10 Å². The Bertz CT molecular complexity index is 1170. The van der Waals surface area contributed by atoms with Gasteiger partial charge in [0.25, 0.3) is 0 Å². The van der Waals surface area contributed by atoms with E-state index in [4.69, 9.17) is 9.47 Å². The number of aryl methyl sites for hydroxylation is 1. The Morgan fingerprint density at radius 3 is 2.24 bits per heavy atom. The molecule has 0 bridgehead atoms. The highest BCUT2D eigenvalue weighted by Crippen LogP contribution is 2.33. The number of nitrogens with zero attached hydrogens (tertiary/aromatic N) is 1. The highest BCUT2D eigenvalue weighted by Gasteiger charge is 2.24. The fourth-order valence-corrected chi connectivity index (χ4v) is 4.21. The van der Waals surface area contributed by atoms with Gasteiger partial charge in [0.05, 0.1) is 19.1 Å². The number of sulfonamides is 1. The Hall–Kier alpha value is -3.52. The predicted octanol–water partition coefficient (Wildman–Crippen LogP) is 4.00. The second-order valence-corrected chi connectivity index (χ2v) is 9.32. The molecule has 0 aliphatic rings. The molecule has 3 aromatic carbocycles. The SMILES string of the molecule is COc1ccccc1CCCNC(=O)CN(c1ccccc1Oc1ccccc1)S(C)(=O)=O. The van der Waals surface area contributed by atoms with Gasteiger partial charge in [-0.05, 0) is 48.7 Å². The minimum atomic E-state index is -3.73. The Kier molecular flexibility index (Phi) is 8.32. The number of carbonyl (C=O) groups excluding carboxylic acids is 1. The summed E-state index contributed by atoms with van der Waals surface area (Å²) in [5.41, 5.74) is 1.35. The van der Waals surface area contributed by atoms with E-state index in [0.717, 1.165) is 28.3 Å². The van der Waals surface area contributed by atoms with Gasteiger partial charge in [0.15, 0.2) is 5.75 Å². The minimum absolute atomic E-state index is 0.299. The van der Waals surface area contributed by atoms with Crippen molar-refractivity contribution in [3.8, 4) is 17.2 Å². The standard InChI is InChI=1S/C25H28N2O5S/c1-31-23-16-8-6-11-20(23)12-10-18-26-25(28)19-27(33(2,29)30)22-15-7-9-17-24(22)32-21-13-4-3-5-14-21/h3-9,11,13-17H,10,12,18-19H2,1-2H3,(H,26,28). The van der Waals surface area contributed by atoms with Gasteiger partial charge in [0.1, 0.15) is 18.0 Å². The van der Waals surface area contributed by atoms with E-state index >= 15 is 0 Å². The van der Waals surface area contributed by atoms with Gasteiger partial charge in [0, 0.05) is 6.54 Å². The summed E-state index contributed by atoms with van der Waals surface area (Å²) in [6.45, 7) is 0.0688. The third-order valence-electron chi connectivity index (χ3n) is 4.93. The van der Waals surface area contributed by atoms with Gasteiger partial charge in [0.2, 0.25) is 15.9 Å². The lowest BCUT2D eigenvalue weighted by atomic mass is 10.1. The maximum atomic E-state index is 12.6. The minimum Gasteiger partial charge on any atom is -0.496 e. The van der Waals surface area contributed by atoms with E-state index < -0.39 is 15.9 Å². The lowest BCUT2D eigenvalue weighted by Crippen LogP contribution is -2.40. The Morgan fingerprint density at radius 2 is 1.55 bits per heavy atom. The van der Waals surface area contributed by atoms with E-state index in [-0.39, 0.29) is 6.54 Å². The lowest BCUT2D eigenvalue weighted by molar-refractivity contribution is -0.119. The van der Waals surface area contributed by atoms with Crippen LogP contribution in [0.25, 0.3) is 0 Å². The summed E-state index contributed by atoms with van der Waals surface area (Å²) in [6, 6.07) is 23.5. The molecule has 33 heavy (non-hydrogen) atoms. The number of para-hydroxylation sites is 4. The molecular formula is C25H28N2O5S. The van der Waals surface area contributed by atoms with Crippen LogP contribution in [-0.4, -0.2) is 40.8 Å². The number of ether oxygens (including phenoxy) is 2. The second kappa shape index (κ2) is 11.4. The quantitative estimate of drug-likeness (QED) is 0.430. The molecular weight excluding hydrogens is 440 g/mol. The Morgan fingerprint density at radius 1 is 0.909 bits per heavy atom. The number of nitrogens with one attached hydrogen (secondary N) is 1. The zero-order valence-electron chi connectivity index (χ0n) is 18.7. The van der Waals surface area contributed by atoms with E-state index in [1.54, 1.807) is 43.5 Å². The summed E-state index contributed by atoms with van der Waals surface area (Å²) in [5.74, 6) is 1.33. The number of hydrogen-bond acceptors (Lipinski definition) is 5. The van der Waals surface area contributed by atoms with Crippen LogP contribution in [-0.2, 0) is 21.2 Å². The van der Waals surface area contributed by atoms with Crippen molar-refractivity contribution in [3.63, 3.8) is 0 Å². The third kappa shape index (κ3) is 6.98. The van der Waals surface area contributed by atoms with Crippen molar-refractivity contribution in [2.75, 3.05) is 30.8 Å². The first-order valence-corrected chi connectivity index (χ1v) is 12.4. The molecule has 0 heterocycles. The van der Waals surface area contributed by atoms with Gasteiger partial charge < -0.3 is 14.8 Å². The van der Waals surface area contributed by atoms with Crippen LogP contribution in [0.5, 0.6) is 17.2 Å². The average molecular weight is 469 g/mol. The summed E-state index contributed by atoms with van der Waals surface area (Å²) >= 11 is 0. The van der Waals surface area contributed by atoms with Crippen molar-refractivity contribution in [1.82, 2.24) is 5.32 Å². The fourth-order valence-electron chi connectivity index (χ4n) is 3.35. The van der Waals surface area contributed by atoms with Crippen molar-refractivity contribution in [1.29, 1.82) is 0 Å². The van der Waals surface area contributed by atoms with Crippen molar-refractivity contribution < 1.29 is 22.7 Å². The number of amides is 1. The Balaban J connectivity index is 1.65. The van der Waals surface area contributed by atoms with Crippen LogP contribution in [0.4, 0.5) is 5.69 Å². The molecule has 0 atom stereocenters. The van der Waals surface area contributed by atoms with E-state index in [9.17, 15) is 13.2 Å². The molecule has 3 rings (SSSR count). The molecule has 7 nitrogen and oxygen atoms in total. The largest absolute Gasteiger partial charge is 0.496 e. The van der Waals surface area contributed by atoms with Gasteiger partial charge >= 0.3 is 0 Å². The van der Waals surface area contributed by atoms with Gasteiger partial charge in [-0.1, -0.05) is 48.5 Å². The number of rotatable bonds is 11. The van der Waals surface area contributed by atoms with E-state index in [2.05, 4.69) is 5.32 Å². The van der Waals surface area contributed by atoms with Gasteiger partial charge in [-0.2, -0.15) is 0 Å². The predicted molar refractivity (Wildman–Crippen MR) is 129 cm³/mol. The van der Waals surface area contributed by atoms with Crippen LogP contribution in [0, 0.1) is 0 Å². The molecule has 0 radical (unpaired) electrons. The molecule has 0 saturated carbocycles. The molecule has 0 fully saturated rings. The molecule has 0 aliphatic heterocycles. The highest BCUT2D eigenvalue weighted by atomic mass is 32.2. The summed E-state index contributed by atoms with van der Waals surface area (Å²) < 4.78 is 37.4.